The first-order chi connectivity index (χ1) is 5.74. The van der Waals surface area contributed by atoms with Gasteiger partial charge in [0.25, 0.3) is 0 Å². The summed E-state index contributed by atoms with van der Waals surface area (Å²) in [7, 11) is 0. The monoisotopic (exact) mass is 181 g/mol. The molecule has 0 saturated carbocycles. The van der Waals surface area contributed by atoms with Crippen LogP contribution in [0.2, 0.25) is 0 Å². The molecule has 0 heterocycles. The van der Waals surface area contributed by atoms with Crippen molar-refractivity contribution >= 4 is 16.6 Å². The zero-order valence-electron chi connectivity index (χ0n) is 6.09. The molecule has 0 atom stereocenters. The zero-order valence-corrected chi connectivity index (χ0v) is 6.85. The summed E-state index contributed by atoms with van der Waals surface area (Å²) >= 11 is 5.65. The van der Waals surface area contributed by atoms with E-state index in [0.717, 1.165) is 6.08 Å². The lowest BCUT2D eigenvalue weighted by molar-refractivity contribution is 0.627. The van der Waals surface area contributed by atoms with Crippen molar-refractivity contribution in [2.75, 3.05) is 0 Å². The van der Waals surface area contributed by atoms with Crippen molar-refractivity contribution in [1.29, 1.82) is 5.26 Å². The molecule has 1 aromatic carbocycles. The van der Waals surface area contributed by atoms with Crippen molar-refractivity contribution in [2.24, 2.45) is 0 Å². The fourth-order valence-electron chi connectivity index (χ4n) is 0.777. The molecule has 1 rings (SSSR count). The highest BCUT2D eigenvalue weighted by atomic mass is 35.5. The molecule has 0 amide bonds. The lowest BCUT2D eigenvalue weighted by atomic mass is 10.2. The van der Waals surface area contributed by atoms with Crippen LogP contribution in [0.3, 0.4) is 0 Å². The van der Waals surface area contributed by atoms with Gasteiger partial charge in [0.15, 0.2) is 0 Å². The van der Waals surface area contributed by atoms with Gasteiger partial charge in [-0.1, -0.05) is 23.7 Å². The zero-order chi connectivity index (χ0) is 8.97. The Hall–Kier alpha value is -1.33. The van der Waals surface area contributed by atoms with Gasteiger partial charge in [-0.05, 0) is 17.7 Å². The molecule has 0 saturated heterocycles. The highest BCUT2D eigenvalue weighted by Crippen LogP contribution is 2.18. The van der Waals surface area contributed by atoms with Crippen molar-refractivity contribution in [3.63, 3.8) is 0 Å². The second kappa shape index (κ2) is 3.89. The molecule has 0 aliphatic heterocycles. The van der Waals surface area contributed by atoms with Crippen LogP contribution in [0.4, 0.5) is 4.39 Å². The number of nitrogens with zero attached hydrogens (tertiary/aromatic N) is 1. The molecule has 0 bridgehead atoms. The van der Waals surface area contributed by atoms with E-state index >= 15 is 0 Å². The normalized spacial score (nSPS) is 10.9. The Morgan fingerprint density at radius 3 is 2.92 bits per heavy atom. The predicted molar refractivity (Wildman–Crippen MR) is 45.8 cm³/mol. The van der Waals surface area contributed by atoms with Crippen LogP contribution in [-0.2, 0) is 0 Å². The highest BCUT2D eigenvalue weighted by Gasteiger charge is 1.97. The van der Waals surface area contributed by atoms with Crippen LogP contribution >= 0.6 is 11.6 Å². The third kappa shape index (κ3) is 2.08. The lowest BCUT2D eigenvalue weighted by Crippen LogP contribution is -1.78. The minimum Gasteiger partial charge on any atom is -0.207 e. The molecule has 0 aromatic heterocycles. The Kier molecular flexibility index (Phi) is 2.84. The summed E-state index contributed by atoms with van der Waals surface area (Å²) in [5.41, 5.74) is 0.512. The molecule has 0 N–H and O–H groups in total. The SMILES string of the molecule is N#C/C=C(/Cl)c1cccc(F)c1. The van der Waals surface area contributed by atoms with E-state index in [2.05, 4.69) is 0 Å². The van der Waals surface area contributed by atoms with E-state index in [1.165, 1.54) is 18.2 Å². The van der Waals surface area contributed by atoms with E-state index < -0.39 is 0 Å². The smallest absolute Gasteiger partial charge is 0.123 e. The number of benzene rings is 1. The maximum atomic E-state index is 12.6. The van der Waals surface area contributed by atoms with Crippen LogP contribution in [0.15, 0.2) is 30.3 Å². The number of allylic oxidation sites excluding steroid dienone is 1. The topological polar surface area (TPSA) is 23.8 Å². The molecule has 0 aliphatic carbocycles. The molecule has 0 spiro atoms. The van der Waals surface area contributed by atoms with Crippen molar-refractivity contribution in [3.05, 3.63) is 41.7 Å². The van der Waals surface area contributed by atoms with E-state index in [1.54, 1.807) is 12.1 Å². The van der Waals surface area contributed by atoms with Crippen LogP contribution in [-0.4, -0.2) is 0 Å². The second-order valence-electron chi connectivity index (χ2n) is 2.13. The summed E-state index contributed by atoms with van der Waals surface area (Å²) in [4.78, 5) is 0. The summed E-state index contributed by atoms with van der Waals surface area (Å²) in [5, 5.41) is 8.51. The van der Waals surface area contributed by atoms with Gasteiger partial charge in [0.2, 0.25) is 0 Å². The van der Waals surface area contributed by atoms with E-state index in [0.29, 0.717) is 5.56 Å². The minimum atomic E-state index is -0.364. The fourth-order valence-corrected chi connectivity index (χ4v) is 0.943. The fraction of sp³-hybridized carbons (Fsp3) is 0. The summed E-state index contributed by atoms with van der Waals surface area (Å²) in [5.74, 6) is -0.364. The maximum Gasteiger partial charge on any atom is 0.123 e. The van der Waals surface area contributed by atoms with Crippen LogP contribution in [0.25, 0.3) is 5.03 Å². The van der Waals surface area contributed by atoms with Gasteiger partial charge in [0.1, 0.15) is 5.82 Å². The Balaban J connectivity index is 3.05. The van der Waals surface area contributed by atoms with Crippen LogP contribution < -0.4 is 0 Å². The second-order valence-corrected chi connectivity index (χ2v) is 2.54. The van der Waals surface area contributed by atoms with Crippen molar-refractivity contribution in [1.82, 2.24) is 0 Å². The number of nitriles is 1. The van der Waals surface area contributed by atoms with Gasteiger partial charge in [-0.3, -0.25) is 0 Å². The van der Waals surface area contributed by atoms with Crippen LogP contribution in [0, 0.1) is 17.1 Å². The maximum absolute atomic E-state index is 12.6. The molecule has 0 unspecified atom stereocenters. The molecule has 0 aliphatic rings. The molecule has 60 valence electrons. The standard InChI is InChI=1S/C9H5ClFN/c10-9(4-5-12)7-2-1-3-8(11)6-7/h1-4,6H/b9-4+. The quantitative estimate of drug-likeness (QED) is 0.611. The van der Waals surface area contributed by atoms with Gasteiger partial charge in [0.05, 0.1) is 11.1 Å². The van der Waals surface area contributed by atoms with Gasteiger partial charge in [-0.15, -0.1) is 0 Å². The molecule has 0 fully saturated rings. The van der Waals surface area contributed by atoms with Gasteiger partial charge in [0, 0.05) is 6.08 Å². The Labute approximate surface area is 74.7 Å². The van der Waals surface area contributed by atoms with Crippen molar-refractivity contribution in [2.45, 2.75) is 0 Å². The third-order valence-corrected chi connectivity index (χ3v) is 1.62. The Morgan fingerprint density at radius 1 is 1.58 bits per heavy atom. The van der Waals surface area contributed by atoms with E-state index in [-0.39, 0.29) is 10.8 Å². The number of hydrogen-bond acceptors (Lipinski definition) is 1. The predicted octanol–water partition coefficient (Wildman–Crippen LogP) is 2.93. The average molecular weight is 182 g/mol. The summed E-state index contributed by atoms with van der Waals surface area (Å²) < 4.78 is 12.6. The van der Waals surface area contributed by atoms with Gasteiger partial charge < -0.3 is 0 Å². The van der Waals surface area contributed by atoms with Gasteiger partial charge in [-0.2, -0.15) is 5.26 Å². The summed E-state index contributed by atoms with van der Waals surface area (Å²) in [6.07, 6.45) is 1.16. The van der Waals surface area contributed by atoms with Gasteiger partial charge >= 0.3 is 0 Å². The van der Waals surface area contributed by atoms with Crippen LogP contribution in [0.1, 0.15) is 5.56 Å². The number of halogens is 2. The Bertz CT molecular complexity index is 352. The minimum absolute atomic E-state index is 0.247. The largest absolute Gasteiger partial charge is 0.207 e. The first-order valence-electron chi connectivity index (χ1n) is 3.25. The van der Waals surface area contributed by atoms with E-state index in [9.17, 15) is 4.39 Å². The average Bonchev–Trinajstić information content (AvgIpc) is 2.05. The molecule has 12 heavy (non-hydrogen) atoms. The third-order valence-electron chi connectivity index (χ3n) is 1.29. The van der Waals surface area contributed by atoms with Crippen LogP contribution in [0.5, 0.6) is 0 Å². The number of hydrogen-bond donors (Lipinski definition) is 0. The summed E-state index contributed by atoms with van der Waals surface area (Å²) in [6, 6.07) is 7.54. The molecule has 1 nitrogen and oxygen atoms in total. The van der Waals surface area contributed by atoms with Gasteiger partial charge in [-0.25, -0.2) is 4.39 Å². The molecular weight excluding hydrogens is 177 g/mol. The van der Waals surface area contributed by atoms with E-state index in [1.807, 2.05) is 0 Å². The molecular formula is C9H5ClFN. The number of rotatable bonds is 1. The van der Waals surface area contributed by atoms with E-state index in [4.69, 9.17) is 16.9 Å². The summed E-state index contributed by atoms with van der Waals surface area (Å²) in [6.45, 7) is 0. The lowest BCUT2D eigenvalue weighted by Gasteiger charge is -1.95. The molecule has 0 radical (unpaired) electrons. The molecule has 1 aromatic rings. The first-order valence-corrected chi connectivity index (χ1v) is 3.63. The van der Waals surface area contributed by atoms with Crippen molar-refractivity contribution in [3.8, 4) is 6.07 Å². The highest BCUT2D eigenvalue weighted by molar-refractivity contribution is 6.48. The Morgan fingerprint density at radius 2 is 2.33 bits per heavy atom. The molecule has 3 heteroatoms. The first kappa shape index (κ1) is 8.76. The van der Waals surface area contributed by atoms with Crippen molar-refractivity contribution < 1.29 is 4.39 Å².